The molecule has 0 bridgehead atoms. The third-order valence-electron chi connectivity index (χ3n) is 3.01. The van der Waals surface area contributed by atoms with Gasteiger partial charge in [-0.3, -0.25) is 4.98 Å². The molecule has 0 aliphatic heterocycles. The van der Waals surface area contributed by atoms with Gasteiger partial charge in [0.2, 0.25) is 0 Å². The molecule has 2 aromatic rings. The van der Waals surface area contributed by atoms with E-state index in [1.807, 2.05) is 26.2 Å². The number of aromatic nitrogens is 1. The summed E-state index contributed by atoms with van der Waals surface area (Å²) in [6.07, 6.45) is 1.87. The Bertz CT molecular complexity index is 579. The molecule has 0 unspecified atom stereocenters. The summed E-state index contributed by atoms with van der Waals surface area (Å²) in [4.78, 5) is 4.32. The smallest absolute Gasteiger partial charge is 0.135 e. The number of nitrogens with one attached hydrogen (secondary N) is 1. The molecule has 100 valence electrons. The van der Waals surface area contributed by atoms with E-state index in [2.05, 4.69) is 42.3 Å². The predicted octanol–water partition coefficient (Wildman–Crippen LogP) is 3.52. The van der Waals surface area contributed by atoms with Crippen LogP contribution in [0, 0.1) is 20.8 Å². The summed E-state index contributed by atoms with van der Waals surface area (Å²) in [5.41, 5.74) is 4.35. The van der Waals surface area contributed by atoms with Gasteiger partial charge in [0.1, 0.15) is 11.5 Å². The fraction of sp³-hybridized carbons (Fsp3) is 0.312. The number of aryl methyl sites for hydroxylation is 3. The molecule has 0 saturated carbocycles. The Morgan fingerprint density at radius 3 is 2.63 bits per heavy atom. The van der Waals surface area contributed by atoms with Gasteiger partial charge in [-0.2, -0.15) is 0 Å². The maximum atomic E-state index is 6.07. The highest BCUT2D eigenvalue weighted by atomic mass is 16.5. The van der Waals surface area contributed by atoms with E-state index in [0.29, 0.717) is 0 Å². The van der Waals surface area contributed by atoms with Crippen LogP contribution in [0.1, 0.15) is 22.4 Å². The Balaban J connectivity index is 2.36. The Hall–Kier alpha value is -1.87. The molecule has 0 atom stereocenters. The average molecular weight is 256 g/mol. The van der Waals surface area contributed by atoms with Crippen molar-refractivity contribution in [1.82, 2.24) is 10.3 Å². The lowest BCUT2D eigenvalue weighted by Gasteiger charge is -2.13. The molecule has 2 rings (SSSR count). The number of benzene rings is 1. The molecule has 0 fully saturated rings. The van der Waals surface area contributed by atoms with Crippen molar-refractivity contribution in [3.63, 3.8) is 0 Å². The number of pyridine rings is 1. The van der Waals surface area contributed by atoms with Crippen molar-refractivity contribution < 1.29 is 4.74 Å². The lowest BCUT2D eigenvalue weighted by Crippen LogP contribution is -2.07. The predicted molar refractivity (Wildman–Crippen MR) is 77.7 cm³/mol. The first kappa shape index (κ1) is 13.6. The molecule has 19 heavy (non-hydrogen) atoms. The molecule has 0 aliphatic carbocycles. The van der Waals surface area contributed by atoms with Gasteiger partial charge in [-0.05, 0) is 45.0 Å². The van der Waals surface area contributed by atoms with Crippen LogP contribution in [0.2, 0.25) is 0 Å². The van der Waals surface area contributed by atoms with Crippen LogP contribution in [0.15, 0.2) is 30.5 Å². The lowest BCUT2D eigenvalue weighted by atomic mass is 10.1. The highest BCUT2D eigenvalue weighted by Crippen LogP contribution is 2.28. The van der Waals surface area contributed by atoms with Crippen LogP contribution >= 0.6 is 0 Å². The van der Waals surface area contributed by atoms with E-state index in [1.54, 1.807) is 0 Å². The quantitative estimate of drug-likeness (QED) is 0.908. The Morgan fingerprint density at radius 2 is 1.89 bits per heavy atom. The fourth-order valence-electron chi connectivity index (χ4n) is 1.92. The second-order valence-corrected chi connectivity index (χ2v) is 4.83. The van der Waals surface area contributed by atoms with Crippen molar-refractivity contribution in [1.29, 1.82) is 0 Å². The van der Waals surface area contributed by atoms with E-state index in [9.17, 15) is 0 Å². The summed E-state index contributed by atoms with van der Waals surface area (Å²) < 4.78 is 6.07. The molecule has 3 heteroatoms. The number of hydrogen-bond acceptors (Lipinski definition) is 3. The zero-order valence-electron chi connectivity index (χ0n) is 11.9. The van der Waals surface area contributed by atoms with Crippen molar-refractivity contribution in [3.05, 3.63) is 52.8 Å². The molecule has 0 radical (unpaired) electrons. The zero-order valence-corrected chi connectivity index (χ0v) is 11.9. The summed E-state index contributed by atoms with van der Waals surface area (Å²) in [6.45, 7) is 6.84. The van der Waals surface area contributed by atoms with E-state index in [0.717, 1.165) is 34.9 Å². The minimum atomic E-state index is 0.744. The number of nitrogens with zero attached hydrogens (tertiary/aromatic N) is 1. The normalized spacial score (nSPS) is 10.5. The van der Waals surface area contributed by atoms with Crippen molar-refractivity contribution >= 4 is 0 Å². The molecule has 1 N–H and O–H groups in total. The molecule has 1 heterocycles. The maximum Gasteiger partial charge on any atom is 0.135 e. The van der Waals surface area contributed by atoms with E-state index in [4.69, 9.17) is 4.74 Å². The highest BCUT2D eigenvalue weighted by molar-refractivity contribution is 5.42. The molecule has 0 aliphatic rings. The number of ether oxygens (including phenoxy) is 1. The monoisotopic (exact) mass is 256 g/mol. The number of rotatable bonds is 4. The Labute approximate surface area is 114 Å². The van der Waals surface area contributed by atoms with Gasteiger partial charge in [-0.15, -0.1) is 0 Å². The van der Waals surface area contributed by atoms with E-state index < -0.39 is 0 Å². The Morgan fingerprint density at radius 1 is 1.11 bits per heavy atom. The number of hydrogen-bond donors (Lipinski definition) is 1. The summed E-state index contributed by atoms with van der Waals surface area (Å²) in [7, 11) is 1.92. The van der Waals surface area contributed by atoms with Crippen molar-refractivity contribution in [3.8, 4) is 11.5 Å². The molecular formula is C16H20N2O. The molecule has 1 aromatic carbocycles. The van der Waals surface area contributed by atoms with Crippen LogP contribution in [0.4, 0.5) is 0 Å². The van der Waals surface area contributed by atoms with Crippen LogP contribution in [-0.2, 0) is 6.54 Å². The molecular weight excluding hydrogens is 236 g/mol. The van der Waals surface area contributed by atoms with Gasteiger partial charge in [0.05, 0.1) is 0 Å². The third-order valence-corrected chi connectivity index (χ3v) is 3.01. The minimum absolute atomic E-state index is 0.744. The Kier molecular flexibility index (Phi) is 4.17. The van der Waals surface area contributed by atoms with Gasteiger partial charge in [-0.25, -0.2) is 0 Å². The molecule has 0 spiro atoms. The summed E-state index contributed by atoms with van der Waals surface area (Å²) in [5.74, 6) is 1.78. The molecule has 1 aromatic heterocycles. The standard InChI is InChI=1S/C16H20N2O/c1-11-5-6-12(2)15(7-11)19-16-8-13(3)18-10-14(16)9-17-4/h5-8,10,17H,9H2,1-4H3. The van der Waals surface area contributed by atoms with Crippen molar-refractivity contribution in [2.24, 2.45) is 0 Å². The van der Waals surface area contributed by atoms with Crippen LogP contribution in [0.3, 0.4) is 0 Å². The van der Waals surface area contributed by atoms with Gasteiger partial charge in [-0.1, -0.05) is 12.1 Å². The molecule has 0 amide bonds. The van der Waals surface area contributed by atoms with E-state index in [-0.39, 0.29) is 0 Å². The van der Waals surface area contributed by atoms with Gasteiger partial charge in [0.15, 0.2) is 0 Å². The topological polar surface area (TPSA) is 34.2 Å². The average Bonchev–Trinajstić information content (AvgIpc) is 2.37. The van der Waals surface area contributed by atoms with Gasteiger partial charge < -0.3 is 10.1 Å². The van der Waals surface area contributed by atoms with Gasteiger partial charge >= 0.3 is 0 Å². The van der Waals surface area contributed by atoms with E-state index in [1.165, 1.54) is 5.56 Å². The molecule has 0 saturated heterocycles. The van der Waals surface area contributed by atoms with Crippen LogP contribution in [0.25, 0.3) is 0 Å². The first-order valence-corrected chi connectivity index (χ1v) is 6.45. The van der Waals surface area contributed by atoms with Crippen LogP contribution in [-0.4, -0.2) is 12.0 Å². The van der Waals surface area contributed by atoms with Crippen LogP contribution in [0.5, 0.6) is 11.5 Å². The summed E-state index contributed by atoms with van der Waals surface area (Å²) in [6, 6.07) is 8.22. The maximum absolute atomic E-state index is 6.07. The fourth-order valence-corrected chi connectivity index (χ4v) is 1.92. The second-order valence-electron chi connectivity index (χ2n) is 4.83. The first-order chi connectivity index (χ1) is 9.10. The van der Waals surface area contributed by atoms with E-state index >= 15 is 0 Å². The highest BCUT2D eigenvalue weighted by Gasteiger charge is 2.08. The van der Waals surface area contributed by atoms with Crippen LogP contribution < -0.4 is 10.1 Å². The minimum Gasteiger partial charge on any atom is -0.457 e. The lowest BCUT2D eigenvalue weighted by molar-refractivity contribution is 0.468. The third kappa shape index (κ3) is 3.32. The van der Waals surface area contributed by atoms with Gasteiger partial charge in [0.25, 0.3) is 0 Å². The summed E-state index contributed by atoms with van der Waals surface area (Å²) >= 11 is 0. The van der Waals surface area contributed by atoms with Crippen molar-refractivity contribution in [2.75, 3.05) is 7.05 Å². The molecule has 3 nitrogen and oxygen atoms in total. The van der Waals surface area contributed by atoms with Crippen molar-refractivity contribution in [2.45, 2.75) is 27.3 Å². The largest absolute Gasteiger partial charge is 0.457 e. The second kappa shape index (κ2) is 5.85. The summed E-state index contributed by atoms with van der Waals surface area (Å²) in [5, 5.41) is 3.14. The zero-order chi connectivity index (χ0) is 13.8. The SMILES string of the molecule is CNCc1cnc(C)cc1Oc1cc(C)ccc1C. The van der Waals surface area contributed by atoms with Gasteiger partial charge in [0, 0.05) is 30.1 Å². The first-order valence-electron chi connectivity index (χ1n) is 6.45.